The van der Waals surface area contributed by atoms with Gasteiger partial charge in [-0.3, -0.25) is 4.79 Å². The Bertz CT molecular complexity index is 368. The molecule has 1 amide bonds. The third-order valence-electron chi connectivity index (χ3n) is 6.18. The minimum atomic E-state index is 0.0484. The van der Waals surface area contributed by atoms with Gasteiger partial charge in [-0.2, -0.15) is 0 Å². The van der Waals surface area contributed by atoms with Crippen LogP contribution in [0.15, 0.2) is 0 Å². The first-order valence-electron chi connectivity index (χ1n) is 7.97. The van der Waals surface area contributed by atoms with Crippen LogP contribution in [0, 0.1) is 16.7 Å². The van der Waals surface area contributed by atoms with Gasteiger partial charge in [-0.25, -0.2) is 0 Å². The number of carbonyl (C=O) groups excluding carboxylic acids is 1. The van der Waals surface area contributed by atoms with Crippen molar-refractivity contribution in [3.63, 3.8) is 0 Å². The van der Waals surface area contributed by atoms with Crippen LogP contribution in [0.3, 0.4) is 0 Å². The Hall–Kier alpha value is -0.570. The summed E-state index contributed by atoms with van der Waals surface area (Å²) < 4.78 is 0. The fourth-order valence-corrected chi connectivity index (χ4v) is 4.98. The average Bonchev–Trinajstić information content (AvgIpc) is 2.87. The maximum atomic E-state index is 12.5. The summed E-state index contributed by atoms with van der Waals surface area (Å²) >= 11 is 0. The van der Waals surface area contributed by atoms with E-state index in [1.807, 2.05) is 0 Å². The Balaban J connectivity index is 1.70. The SMILES string of the molecule is CC12CCC(C1)C(C)(C)C2NC(=O)C1CCCCN1. The standard InChI is InChI=1S/C16H28N2O/c1-15(2)11-7-8-16(3,10-11)14(15)18-13(19)12-6-4-5-9-17-12/h11-12,14,17H,4-10H2,1-3H3,(H,18,19). The summed E-state index contributed by atoms with van der Waals surface area (Å²) in [5.41, 5.74) is 0.593. The van der Waals surface area contributed by atoms with Crippen molar-refractivity contribution >= 4 is 5.91 Å². The second kappa shape index (κ2) is 4.47. The van der Waals surface area contributed by atoms with E-state index < -0.39 is 0 Å². The Kier molecular flexibility index (Phi) is 3.16. The maximum absolute atomic E-state index is 12.5. The minimum Gasteiger partial charge on any atom is -0.351 e. The summed E-state index contributed by atoms with van der Waals surface area (Å²) in [7, 11) is 0. The van der Waals surface area contributed by atoms with E-state index in [9.17, 15) is 4.79 Å². The summed E-state index contributed by atoms with van der Waals surface area (Å²) in [6, 6.07) is 0.405. The van der Waals surface area contributed by atoms with Gasteiger partial charge in [0, 0.05) is 6.04 Å². The normalized spacial score (nSPS) is 44.3. The highest BCUT2D eigenvalue weighted by Crippen LogP contribution is 2.62. The first-order chi connectivity index (χ1) is 8.93. The molecule has 0 aromatic rings. The zero-order valence-corrected chi connectivity index (χ0v) is 12.6. The summed E-state index contributed by atoms with van der Waals surface area (Å²) in [5.74, 6) is 1.04. The summed E-state index contributed by atoms with van der Waals surface area (Å²) in [4.78, 5) is 12.5. The third-order valence-corrected chi connectivity index (χ3v) is 6.18. The largest absolute Gasteiger partial charge is 0.351 e. The third kappa shape index (κ3) is 2.10. The van der Waals surface area contributed by atoms with Crippen molar-refractivity contribution in [3.8, 4) is 0 Å². The van der Waals surface area contributed by atoms with E-state index >= 15 is 0 Å². The van der Waals surface area contributed by atoms with Crippen molar-refractivity contribution in [1.82, 2.24) is 10.6 Å². The van der Waals surface area contributed by atoms with E-state index in [4.69, 9.17) is 0 Å². The van der Waals surface area contributed by atoms with Gasteiger partial charge in [0.05, 0.1) is 6.04 Å². The van der Waals surface area contributed by atoms with Crippen LogP contribution >= 0.6 is 0 Å². The predicted octanol–water partition coefficient (Wildman–Crippen LogP) is 2.46. The second-order valence-corrected chi connectivity index (χ2v) is 7.86. The van der Waals surface area contributed by atoms with E-state index in [1.165, 1.54) is 32.1 Å². The molecule has 108 valence electrons. The summed E-state index contributed by atoms with van der Waals surface area (Å²) in [6.07, 6.45) is 7.31. The Morgan fingerprint density at radius 3 is 2.58 bits per heavy atom. The van der Waals surface area contributed by atoms with Crippen molar-refractivity contribution in [2.24, 2.45) is 16.7 Å². The number of hydrogen-bond acceptors (Lipinski definition) is 2. The smallest absolute Gasteiger partial charge is 0.237 e. The second-order valence-electron chi connectivity index (χ2n) is 7.86. The van der Waals surface area contributed by atoms with Crippen LogP contribution in [-0.4, -0.2) is 24.5 Å². The number of fused-ring (bicyclic) bond motifs is 2. The molecule has 2 aliphatic carbocycles. The van der Waals surface area contributed by atoms with Crippen molar-refractivity contribution in [3.05, 3.63) is 0 Å². The van der Waals surface area contributed by atoms with Gasteiger partial charge in [-0.05, 0) is 55.4 Å². The summed E-state index contributed by atoms with van der Waals surface area (Å²) in [6.45, 7) is 8.07. The van der Waals surface area contributed by atoms with E-state index in [2.05, 4.69) is 31.4 Å². The fourth-order valence-electron chi connectivity index (χ4n) is 4.98. The Morgan fingerprint density at radius 1 is 1.21 bits per heavy atom. The van der Waals surface area contributed by atoms with Gasteiger partial charge in [0.15, 0.2) is 0 Å². The quantitative estimate of drug-likeness (QED) is 0.804. The van der Waals surface area contributed by atoms with Crippen molar-refractivity contribution in [1.29, 1.82) is 0 Å². The maximum Gasteiger partial charge on any atom is 0.237 e. The van der Waals surface area contributed by atoms with Crippen LogP contribution in [0.25, 0.3) is 0 Å². The van der Waals surface area contributed by atoms with Gasteiger partial charge in [-0.1, -0.05) is 27.2 Å². The first-order valence-corrected chi connectivity index (χ1v) is 7.97. The van der Waals surface area contributed by atoms with Gasteiger partial charge in [0.1, 0.15) is 0 Å². The monoisotopic (exact) mass is 264 g/mol. The fraction of sp³-hybridized carbons (Fsp3) is 0.938. The highest BCUT2D eigenvalue weighted by atomic mass is 16.2. The molecular weight excluding hydrogens is 236 g/mol. The number of amides is 1. The lowest BCUT2D eigenvalue weighted by Crippen LogP contribution is -2.57. The molecule has 3 heteroatoms. The molecule has 3 rings (SSSR count). The van der Waals surface area contributed by atoms with Crippen LogP contribution in [0.5, 0.6) is 0 Å². The van der Waals surface area contributed by atoms with Crippen molar-refractivity contribution in [2.45, 2.75) is 71.4 Å². The molecule has 1 aliphatic heterocycles. The lowest BCUT2D eigenvalue weighted by atomic mass is 9.68. The van der Waals surface area contributed by atoms with Gasteiger partial charge in [0.25, 0.3) is 0 Å². The number of hydrogen-bond donors (Lipinski definition) is 2. The molecule has 1 saturated heterocycles. The number of nitrogens with one attached hydrogen (secondary N) is 2. The summed E-state index contributed by atoms with van der Waals surface area (Å²) in [5, 5.41) is 6.77. The zero-order chi connectivity index (χ0) is 13.7. The molecule has 19 heavy (non-hydrogen) atoms. The molecule has 2 saturated carbocycles. The van der Waals surface area contributed by atoms with E-state index in [0.29, 0.717) is 11.5 Å². The molecule has 3 nitrogen and oxygen atoms in total. The molecule has 0 aromatic carbocycles. The molecule has 2 N–H and O–H groups in total. The number of carbonyl (C=O) groups is 1. The number of rotatable bonds is 2. The molecule has 1 heterocycles. The number of piperidine rings is 1. The molecule has 0 radical (unpaired) electrons. The van der Waals surface area contributed by atoms with Crippen molar-refractivity contribution < 1.29 is 4.79 Å². The highest BCUT2D eigenvalue weighted by molar-refractivity contribution is 5.82. The first kappa shape index (κ1) is 13.4. The van der Waals surface area contributed by atoms with Crippen LogP contribution in [0.1, 0.15) is 59.3 Å². The Labute approximate surface area is 116 Å². The van der Waals surface area contributed by atoms with Crippen LogP contribution in [0.2, 0.25) is 0 Å². The van der Waals surface area contributed by atoms with Crippen LogP contribution in [-0.2, 0) is 4.79 Å². The molecule has 2 bridgehead atoms. The zero-order valence-electron chi connectivity index (χ0n) is 12.6. The molecule has 0 spiro atoms. The molecular formula is C16H28N2O. The molecule has 4 atom stereocenters. The Morgan fingerprint density at radius 2 is 2.00 bits per heavy atom. The van der Waals surface area contributed by atoms with Gasteiger partial charge < -0.3 is 10.6 Å². The molecule has 4 unspecified atom stereocenters. The van der Waals surface area contributed by atoms with E-state index in [1.54, 1.807) is 0 Å². The molecule has 3 fully saturated rings. The topological polar surface area (TPSA) is 41.1 Å². The van der Waals surface area contributed by atoms with Crippen LogP contribution in [0.4, 0.5) is 0 Å². The molecule has 3 aliphatic rings. The van der Waals surface area contributed by atoms with Crippen molar-refractivity contribution in [2.75, 3.05) is 6.54 Å². The predicted molar refractivity (Wildman–Crippen MR) is 76.8 cm³/mol. The minimum absolute atomic E-state index is 0.0484. The van der Waals surface area contributed by atoms with Gasteiger partial charge in [0.2, 0.25) is 5.91 Å². The molecule has 0 aromatic heterocycles. The average molecular weight is 264 g/mol. The lowest BCUT2D eigenvalue weighted by Gasteiger charge is -2.43. The van der Waals surface area contributed by atoms with Gasteiger partial charge in [-0.15, -0.1) is 0 Å². The van der Waals surface area contributed by atoms with E-state index in [0.717, 1.165) is 18.9 Å². The highest BCUT2D eigenvalue weighted by Gasteiger charge is 2.59. The lowest BCUT2D eigenvalue weighted by molar-refractivity contribution is -0.126. The van der Waals surface area contributed by atoms with Gasteiger partial charge >= 0.3 is 0 Å². The van der Waals surface area contributed by atoms with Crippen LogP contribution < -0.4 is 10.6 Å². The van der Waals surface area contributed by atoms with E-state index in [-0.39, 0.29) is 17.4 Å².